The second kappa shape index (κ2) is 10.4. The van der Waals surface area contributed by atoms with Crippen LogP contribution in [0.1, 0.15) is 31.1 Å². The molecular formula is C26H26N2O4S. The molecule has 0 radical (unpaired) electrons. The van der Waals surface area contributed by atoms with E-state index in [0.29, 0.717) is 47.8 Å². The maximum atomic E-state index is 13.1. The smallest absolute Gasteiger partial charge is 0.257 e. The van der Waals surface area contributed by atoms with Crippen molar-refractivity contribution in [3.05, 3.63) is 65.5 Å². The molecule has 3 aromatic carbocycles. The summed E-state index contributed by atoms with van der Waals surface area (Å²) in [5.74, 6) is 1.17. The minimum Gasteiger partial charge on any atom is -0.490 e. The van der Waals surface area contributed by atoms with Gasteiger partial charge in [0.15, 0.2) is 16.6 Å². The molecule has 1 aromatic heterocycles. The summed E-state index contributed by atoms with van der Waals surface area (Å²) >= 11 is 1.39. The number of amides is 1. The summed E-state index contributed by atoms with van der Waals surface area (Å²) in [6.07, 6.45) is 0. The second-order valence-electron chi connectivity index (χ2n) is 7.12. The Morgan fingerprint density at radius 2 is 1.58 bits per heavy atom. The Kier molecular flexibility index (Phi) is 7.10. The predicted octanol–water partition coefficient (Wildman–Crippen LogP) is 6.41. The summed E-state index contributed by atoms with van der Waals surface area (Å²) in [7, 11) is 0. The highest BCUT2D eigenvalue weighted by Crippen LogP contribution is 2.39. The number of rotatable bonds is 9. The zero-order valence-electron chi connectivity index (χ0n) is 18.9. The molecular weight excluding hydrogens is 436 g/mol. The number of thiazole rings is 1. The first kappa shape index (κ1) is 22.6. The van der Waals surface area contributed by atoms with Crippen LogP contribution in [0.3, 0.4) is 0 Å². The van der Waals surface area contributed by atoms with E-state index < -0.39 is 0 Å². The molecule has 0 saturated carbocycles. The van der Waals surface area contributed by atoms with Gasteiger partial charge in [0, 0.05) is 16.5 Å². The van der Waals surface area contributed by atoms with Gasteiger partial charge in [-0.15, -0.1) is 11.3 Å². The van der Waals surface area contributed by atoms with E-state index in [1.807, 2.05) is 50.4 Å². The van der Waals surface area contributed by atoms with Gasteiger partial charge in [-0.2, -0.15) is 0 Å². The van der Waals surface area contributed by atoms with E-state index in [1.165, 1.54) is 11.3 Å². The molecule has 0 spiro atoms. The number of carbonyl (C=O) groups excluding carboxylic acids is 1. The Labute approximate surface area is 197 Å². The minimum atomic E-state index is -0.293. The van der Waals surface area contributed by atoms with Crippen LogP contribution in [0.4, 0.5) is 5.13 Å². The van der Waals surface area contributed by atoms with Crippen LogP contribution in [0.25, 0.3) is 22.0 Å². The molecule has 4 rings (SSSR count). The highest BCUT2D eigenvalue weighted by Gasteiger charge is 2.19. The number of nitrogens with one attached hydrogen (secondary N) is 1. The number of carbonyl (C=O) groups is 1. The first-order valence-corrected chi connectivity index (χ1v) is 11.8. The Morgan fingerprint density at radius 3 is 2.27 bits per heavy atom. The van der Waals surface area contributed by atoms with Gasteiger partial charge in [-0.25, -0.2) is 4.98 Å². The minimum absolute atomic E-state index is 0.293. The molecule has 0 fully saturated rings. The van der Waals surface area contributed by atoms with Crippen molar-refractivity contribution in [2.75, 3.05) is 25.1 Å². The van der Waals surface area contributed by atoms with Gasteiger partial charge >= 0.3 is 0 Å². The van der Waals surface area contributed by atoms with E-state index in [1.54, 1.807) is 12.1 Å². The molecule has 1 N–H and O–H groups in total. The number of ether oxygens (including phenoxy) is 3. The largest absolute Gasteiger partial charge is 0.490 e. The van der Waals surface area contributed by atoms with Crippen LogP contribution in [-0.2, 0) is 0 Å². The lowest BCUT2D eigenvalue weighted by atomic mass is 10.0. The summed E-state index contributed by atoms with van der Waals surface area (Å²) in [4.78, 5) is 17.7. The van der Waals surface area contributed by atoms with Crippen molar-refractivity contribution >= 4 is 33.1 Å². The number of fused-ring (bicyclic) bond motifs is 1. The Bertz CT molecular complexity index is 1240. The molecule has 170 valence electrons. The Morgan fingerprint density at radius 1 is 0.909 bits per heavy atom. The van der Waals surface area contributed by atoms with E-state index in [-0.39, 0.29) is 5.91 Å². The quantitative estimate of drug-likeness (QED) is 0.311. The fraction of sp³-hybridized carbons (Fsp3) is 0.231. The highest BCUT2D eigenvalue weighted by atomic mass is 32.1. The normalized spacial score (nSPS) is 10.8. The van der Waals surface area contributed by atoms with Gasteiger partial charge < -0.3 is 14.2 Å². The summed E-state index contributed by atoms with van der Waals surface area (Å²) < 4.78 is 17.2. The van der Waals surface area contributed by atoms with Crippen molar-refractivity contribution in [1.29, 1.82) is 0 Å². The number of hydrogen-bond acceptors (Lipinski definition) is 6. The average molecular weight is 463 g/mol. The van der Waals surface area contributed by atoms with Crippen molar-refractivity contribution in [3.8, 4) is 28.5 Å². The predicted molar refractivity (Wildman–Crippen MR) is 133 cm³/mol. The fourth-order valence-corrected chi connectivity index (χ4v) is 4.30. The lowest BCUT2D eigenvalue weighted by Gasteiger charge is -2.16. The van der Waals surface area contributed by atoms with Gasteiger partial charge in [-0.1, -0.05) is 42.5 Å². The highest BCUT2D eigenvalue weighted by molar-refractivity contribution is 7.14. The van der Waals surface area contributed by atoms with Crippen molar-refractivity contribution in [3.63, 3.8) is 0 Å². The van der Waals surface area contributed by atoms with E-state index in [0.717, 1.165) is 22.0 Å². The third-order valence-electron chi connectivity index (χ3n) is 4.96. The monoisotopic (exact) mass is 462 g/mol. The first-order chi connectivity index (χ1) is 16.1. The van der Waals surface area contributed by atoms with E-state index in [2.05, 4.69) is 28.5 Å². The second-order valence-corrected chi connectivity index (χ2v) is 7.98. The van der Waals surface area contributed by atoms with Crippen LogP contribution in [0.5, 0.6) is 17.2 Å². The number of anilines is 1. The molecule has 0 aliphatic rings. The van der Waals surface area contributed by atoms with Crippen LogP contribution < -0.4 is 19.5 Å². The molecule has 1 amide bonds. The molecule has 0 atom stereocenters. The van der Waals surface area contributed by atoms with Gasteiger partial charge in [-0.3, -0.25) is 10.1 Å². The average Bonchev–Trinajstić information content (AvgIpc) is 3.29. The lowest BCUT2D eigenvalue weighted by molar-refractivity contribution is 0.102. The molecule has 0 aliphatic carbocycles. The number of benzene rings is 3. The van der Waals surface area contributed by atoms with E-state index in [9.17, 15) is 4.79 Å². The SMILES string of the molecule is CCOc1cc(C(=O)Nc2nc(-c3cccc4ccccc34)cs2)cc(OCC)c1OCC. The van der Waals surface area contributed by atoms with Crippen LogP contribution in [-0.4, -0.2) is 30.7 Å². The third kappa shape index (κ3) is 4.93. The molecule has 6 nitrogen and oxygen atoms in total. The summed E-state index contributed by atoms with van der Waals surface area (Å²) in [6.45, 7) is 7.00. The van der Waals surface area contributed by atoms with Crippen molar-refractivity contribution in [1.82, 2.24) is 4.98 Å². The van der Waals surface area contributed by atoms with Gasteiger partial charge in [0.05, 0.1) is 25.5 Å². The van der Waals surface area contributed by atoms with Crippen LogP contribution in [0.2, 0.25) is 0 Å². The summed E-state index contributed by atoms with van der Waals surface area (Å²) in [5.41, 5.74) is 2.26. The van der Waals surface area contributed by atoms with Crippen LogP contribution in [0, 0.1) is 0 Å². The van der Waals surface area contributed by atoms with Crippen molar-refractivity contribution in [2.24, 2.45) is 0 Å². The maximum absolute atomic E-state index is 13.1. The molecule has 0 bridgehead atoms. The van der Waals surface area contributed by atoms with Crippen molar-refractivity contribution < 1.29 is 19.0 Å². The first-order valence-electron chi connectivity index (χ1n) is 11.0. The Hall–Kier alpha value is -3.58. The van der Waals surface area contributed by atoms with E-state index in [4.69, 9.17) is 14.2 Å². The topological polar surface area (TPSA) is 69.7 Å². The molecule has 0 saturated heterocycles. The van der Waals surface area contributed by atoms with Gasteiger partial charge in [0.2, 0.25) is 5.75 Å². The molecule has 0 unspecified atom stereocenters. The molecule has 4 aromatic rings. The van der Waals surface area contributed by atoms with Crippen LogP contribution in [0.15, 0.2) is 60.0 Å². The zero-order chi connectivity index (χ0) is 23.2. The molecule has 1 heterocycles. The molecule has 7 heteroatoms. The summed E-state index contributed by atoms with van der Waals surface area (Å²) in [5, 5.41) is 7.65. The lowest BCUT2D eigenvalue weighted by Crippen LogP contribution is -2.13. The standard InChI is InChI=1S/C26H26N2O4S/c1-4-30-22-14-18(15-23(31-5-2)24(22)32-6-3)25(29)28-26-27-21(16-33-26)20-13-9-11-17-10-7-8-12-19(17)20/h7-16H,4-6H2,1-3H3,(H,27,28,29). The van der Waals surface area contributed by atoms with Gasteiger partial charge in [-0.05, 0) is 43.7 Å². The number of aromatic nitrogens is 1. The third-order valence-corrected chi connectivity index (χ3v) is 5.72. The van der Waals surface area contributed by atoms with Gasteiger partial charge in [0.25, 0.3) is 5.91 Å². The van der Waals surface area contributed by atoms with Crippen LogP contribution >= 0.6 is 11.3 Å². The fourth-order valence-electron chi connectivity index (χ4n) is 3.59. The maximum Gasteiger partial charge on any atom is 0.257 e. The Balaban J connectivity index is 1.62. The number of nitrogens with zero attached hydrogens (tertiary/aromatic N) is 1. The summed E-state index contributed by atoms with van der Waals surface area (Å²) in [6, 6.07) is 17.7. The van der Waals surface area contributed by atoms with Crippen molar-refractivity contribution in [2.45, 2.75) is 20.8 Å². The molecule has 0 aliphatic heterocycles. The van der Waals surface area contributed by atoms with Gasteiger partial charge in [0.1, 0.15) is 0 Å². The molecule has 33 heavy (non-hydrogen) atoms. The van der Waals surface area contributed by atoms with E-state index >= 15 is 0 Å². The number of hydrogen-bond donors (Lipinski definition) is 1. The zero-order valence-corrected chi connectivity index (χ0v) is 19.7.